The largest absolute Gasteiger partial charge is 0.323 e. The van der Waals surface area contributed by atoms with Gasteiger partial charge < -0.3 is 15.3 Å². The van der Waals surface area contributed by atoms with Crippen molar-refractivity contribution >= 4 is 34.2 Å². The number of anilines is 1. The summed E-state index contributed by atoms with van der Waals surface area (Å²) in [5.74, 6) is -0.300. The number of fused-ring (bicyclic) bond motifs is 1. The minimum absolute atomic E-state index is 0.253. The second-order valence-corrected chi connectivity index (χ2v) is 4.55. The van der Waals surface area contributed by atoms with Crippen LogP contribution in [0.4, 0.5) is 5.69 Å². The molecule has 0 aliphatic heterocycles. The van der Waals surface area contributed by atoms with Crippen molar-refractivity contribution in [2.75, 3.05) is 5.32 Å². The average Bonchev–Trinajstić information content (AvgIpc) is 2.78. The molecule has 3 N–H and O–H groups in total. The van der Waals surface area contributed by atoms with Crippen LogP contribution in [0, 0.1) is 0 Å². The van der Waals surface area contributed by atoms with E-state index in [2.05, 4.69) is 20.3 Å². The van der Waals surface area contributed by atoms with Gasteiger partial charge in [-0.15, -0.1) is 0 Å². The fraction of sp³-hybridized carbons (Fsp3) is 0. The van der Waals surface area contributed by atoms with E-state index in [9.17, 15) is 9.59 Å². The zero-order valence-corrected chi connectivity index (χ0v) is 10.9. The number of H-pyrrole nitrogens is 2. The molecule has 0 aliphatic carbocycles. The van der Waals surface area contributed by atoms with Crippen LogP contribution in [0.1, 0.15) is 10.4 Å². The molecule has 0 atom stereocenters. The number of amides is 1. The predicted octanol–water partition coefficient (Wildman–Crippen LogP) is 2.16. The Bertz CT molecular complexity index is 853. The first-order valence-electron chi connectivity index (χ1n) is 5.77. The summed E-state index contributed by atoms with van der Waals surface area (Å²) in [6, 6.07) is 8.13. The monoisotopic (exact) mass is 288 g/mol. The van der Waals surface area contributed by atoms with Gasteiger partial charge in [0.1, 0.15) is 5.15 Å². The molecule has 6 nitrogen and oxygen atoms in total. The van der Waals surface area contributed by atoms with Crippen LogP contribution in [0.3, 0.4) is 0 Å². The lowest BCUT2D eigenvalue weighted by Gasteiger charge is -2.05. The van der Waals surface area contributed by atoms with E-state index >= 15 is 0 Å². The molecule has 0 saturated carbocycles. The zero-order chi connectivity index (χ0) is 14.1. The van der Waals surface area contributed by atoms with Gasteiger partial charge >= 0.3 is 5.69 Å². The molecule has 100 valence electrons. The molecule has 0 radical (unpaired) electrons. The van der Waals surface area contributed by atoms with Crippen LogP contribution in [-0.4, -0.2) is 20.9 Å². The lowest BCUT2D eigenvalue weighted by atomic mass is 10.2. The number of halogens is 1. The van der Waals surface area contributed by atoms with Gasteiger partial charge in [-0.2, -0.15) is 0 Å². The summed E-state index contributed by atoms with van der Waals surface area (Å²) >= 11 is 5.74. The number of nitrogens with one attached hydrogen (secondary N) is 3. The van der Waals surface area contributed by atoms with E-state index in [1.807, 2.05) is 0 Å². The molecule has 0 fully saturated rings. The standard InChI is InChI=1S/C13H9ClN4O2/c14-11-5-7(3-4-15-11)12(19)16-8-1-2-9-10(6-8)18-13(20)17-9/h1-6H,(H,16,19)(H2,17,18,20). The fourth-order valence-corrected chi connectivity index (χ4v) is 2.03. The molecule has 0 unspecified atom stereocenters. The molecule has 1 aromatic carbocycles. The summed E-state index contributed by atoms with van der Waals surface area (Å²) < 4.78 is 0. The van der Waals surface area contributed by atoms with Crippen LogP contribution >= 0.6 is 11.6 Å². The van der Waals surface area contributed by atoms with E-state index in [1.165, 1.54) is 12.3 Å². The molecule has 2 aromatic heterocycles. The molecule has 0 bridgehead atoms. The minimum Gasteiger partial charge on any atom is -0.322 e. The summed E-state index contributed by atoms with van der Waals surface area (Å²) in [6.07, 6.45) is 1.46. The van der Waals surface area contributed by atoms with Gasteiger partial charge in [0.2, 0.25) is 0 Å². The Balaban J connectivity index is 1.88. The van der Waals surface area contributed by atoms with Crippen molar-refractivity contribution in [2.45, 2.75) is 0 Å². The Kier molecular flexibility index (Phi) is 3.00. The molecule has 3 rings (SSSR count). The number of nitrogens with zero attached hydrogens (tertiary/aromatic N) is 1. The predicted molar refractivity (Wildman–Crippen MR) is 76.1 cm³/mol. The third-order valence-corrected chi connectivity index (χ3v) is 2.97. The van der Waals surface area contributed by atoms with Gasteiger partial charge in [-0.25, -0.2) is 9.78 Å². The second kappa shape index (κ2) is 4.82. The number of benzene rings is 1. The molecular weight excluding hydrogens is 280 g/mol. The first-order valence-corrected chi connectivity index (χ1v) is 6.14. The van der Waals surface area contributed by atoms with Gasteiger partial charge in [0.25, 0.3) is 5.91 Å². The summed E-state index contributed by atoms with van der Waals surface area (Å²) in [5.41, 5.74) is 2.00. The van der Waals surface area contributed by atoms with Gasteiger partial charge in [0.15, 0.2) is 0 Å². The van der Waals surface area contributed by atoms with Crippen molar-refractivity contribution < 1.29 is 4.79 Å². The number of carbonyl (C=O) groups is 1. The van der Waals surface area contributed by atoms with E-state index in [0.29, 0.717) is 22.3 Å². The third kappa shape index (κ3) is 2.41. The average molecular weight is 289 g/mol. The maximum absolute atomic E-state index is 12.0. The smallest absolute Gasteiger partial charge is 0.322 e. The highest BCUT2D eigenvalue weighted by molar-refractivity contribution is 6.29. The third-order valence-electron chi connectivity index (χ3n) is 2.76. The van der Waals surface area contributed by atoms with Crippen LogP contribution in [0.15, 0.2) is 41.3 Å². The molecule has 20 heavy (non-hydrogen) atoms. The van der Waals surface area contributed by atoms with Crippen molar-refractivity contribution in [3.8, 4) is 0 Å². The number of aromatic amines is 2. The molecule has 0 saturated heterocycles. The highest BCUT2D eigenvalue weighted by atomic mass is 35.5. The maximum atomic E-state index is 12.0. The van der Waals surface area contributed by atoms with Gasteiger partial charge in [0.05, 0.1) is 11.0 Å². The van der Waals surface area contributed by atoms with E-state index in [-0.39, 0.29) is 16.8 Å². The lowest BCUT2D eigenvalue weighted by molar-refractivity contribution is 0.102. The number of aromatic nitrogens is 3. The van der Waals surface area contributed by atoms with Crippen molar-refractivity contribution in [2.24, 2.45) is 0 Å². The SMILES string of the molecule is O=C(Nc1ccc2[nH]c(=O)[nH]c2c1)c1ccnc(Cl)c1. The lowest BCUT2D eigenvalue weighted by Crippen LogP contribution is -2.11. The van der Waals surface area contributed by atoms with E-state index in [4.69, 9.17) is 11.6 Å². The maximum Gasteiger partial charge on any atom is 0.323 e. The zero-order valence-electron chi connectivity index (χ0n) is 10.1. The van der Waals surface area contributed by atoms with Gasteiger partial charge in [0, 0.05) is 17.4 Å². The summed E-state index contributed by atoms with van der Waals surface area (Å²) in [6.45, 7) is 0. The number of rotatable bonds is 2. The highest BCUT2D eigenvalue weighted by Crippen LogP contribution is 2.16. The number of pyridine rings is 1. The van der Waals surface area contributed by atoms with Crippen LogP contribution in [0.2, 0.25) is 5.15 Å². The number of hydrogen-bond donors (Lipinski definition) is 3. The molecule has 2 heterocycles. The van der Waals surface area contributed by atoms with Crippen LogP contribution in [0.25, 0.3) is 11.0 Å². The molecule has 7 heteroatoms. The van der Waals surface area contributed by atoms with Crippen LogP contribution in [0.5, 0.6) is 0 Å². The fourth-order valence-electron chi connectivity index (χ4n) is 1.86. The number of imidazole rings is 1. The van der Waals surface area contributed by atoms with Crippen molar-refractivity contribution in [3.63, 3.8) is 0 Å². The summed E-state index contributed by atoms with van der Waals surface area (Å²) in [7, 11) is 0. The van der Waals surface area contributed by atoms with Crippen molar-refractivity contribution in [1.29, 1.82) is 0 Å². The first-order chi connectivity index (χ1) is 9.61. The molecule has 0 spiro atoms. The van der Waals surface area contributed by atoms with Gasteiger partial charge in [-0.3, -0.25) is 4.79 Å². The quantitative estimate of drug-likeness (QED) is 0.631. The van der Waals surface area contributed by atoms with Gasteiger partial charge in [-0.1, -0.05) is 11.6 Å². The second-order valence-electron chi connectivity index (χ2n) is 4.16. The molecule has 3 aromatic rings. The molecular formula is C13H9ClN4O2. The molecule has 0 aliphatic rings. The Morgan fingerprint density at radius 3 is 2.75 bits per heavy atom. The van der Waals surface area contributed by atoms with E-state index < -0.39 is 0 Å². The Labute approximate surface area is 117 Å². The first kappa shape index (κ1) is 12.4. The normalized spacial score (nSPS) is 10.7. The number of hydrogen-bond acceptors (Lipinski definition) is 3. The Morgan fingerprint density at radius 2 is 1.95 bits per heavy atom. The molecule has 1 amide bonds. The summed E-state index contributed by atoms with van der Waals surface area (Å²) in [5, 5.41) is 2.98. The van der Waals surface area contributed by atoms with Crippen molar-refractivity contribution in [3.05, 3.63) is 57.7 Å². The minimum atomic E-state index is -0.300. The topological polar surface area (TPSA) is 90.6 Å². The number of carbonyl (C=O) groups excluding carboxylic acids is 1. The van der Waals surface area contributed by atoms with Gasteiger partial charge in [-0.05, 0) is 30.3 Å². The van der Waals surface area contributed by atoms with E-state index in [0.717, 1.165) is 0 Å². The van der Waals surface area contributed by atoms with E-state index in [1.54, 1.807) is 24.3 Å². The Morgan fingerprint density at radius 1 is 1.15 bits per heavy atom. The van der Waals surface area contributed by atoms with Crippen LogP contribution in [-0.2, 0) is 0 Å². The Hall–Kier alpha value is -2.60. The highest BCUT2D eigenvalue weighted by Gasteiger charge is 2.08. The van der Waals surface area contributed by atoms with Crippen LogP contribution < -0.4 is 11.0 Å². The summed E-state index contributed by atoms with van der Waals surface area (Å²) in [4.78, 5) is 32.3. The van der Waals surface area contributed by atoms with Crippen molar-refractivity contribution in [1.82, 2.24) is 15.0 Å².